The zero-order valence-electron chi connectivity index (χ0n) is 12.3. The second kappa shape index (κ2) is 12.6. The summed E-state index contributed by atoms with van der Waals surface area (Å²) < 4.78 is 0. The summed E-state index contributed by atoms with van der Waals surface area (Å²) in [5, 5.41) is 0. The first-order valence-corrected chi connectivity index (χ1v) is 5.85. The molecule has 0 radical (unpaired) electrons. The van der Waals surface area contributed by atoms with Crippen molar-refractivity contribution >= 4 is 0 Å². The molecule has 0 spiro atoms. The molecule has 18 heavy (non-hydrogen) atoms. The maximum atomic E-state index is 3.78. The van der Waals surface area contributed by atoms with Crippen LogP contribution in [0.3, 0.4) is 0 Å². The standard InChI is InChI=1S/C5H5N.2C5H12.2CH4/c1-2-4-6-5-3-1;2*1-5(2,3)4;;/h1-5H;2*1-4H3;2*1H4. The molecule has 110 valence electrons. The Hall–Kier alpha value is -0.850. The smallest absolute Gasteiger partial charge is 0.0267 e. The molecule has 0 atom stereocenters. The van der Waals surface area contributed by atoms with Gasteiger partial charge in [0.15, 0.2) is 0 Å². The molecule has 0 aliphatic heterocycles. The van der Waals surface area contributed by atoms with E-state index in [1.54, 1.807) is 12.4 Å². The second-order valence-corrected chi connectivity index (χ2v) is 7.02. The highest BCUT2D eigenvalue weighted by Crippen LogP contribution is 2.08. The lowest BCUT2D eigenvalue weighted by Crippen LogP contribution is -1.93. The first-order valence-electron chi connectivity index (χ1n) is 5.85. The minimum atomic E-state index is 0. The lowest BCUT2D eigenvalue weighted by Gasteiger charge is -2.05. The highest BCUT2D eigenvalue weighted by atomic mass is 14.6. The fourth-order valence-electron chi connectivity index (χ4n) is 0.313. The van der Waals surface area contributed by atoms with Gasteiger partial charge in [-0.1, -0.05) is 76.3 Å². The number of rotatable bonds is 0. The van der Waals surface area contributed by atoms with Crippen molar-refractivity contribution in [2.45, 2.75) is 70.2 Å². The molecule has 0 fully saturated rings. The van der Waals surface area contributed by atoms with Gasteiger partial charge in [0.05, 0.1) is 0 Å². The molecule has 1 aromatic rings. The van der Waals surface area contributed by atoms with Crippen molar-refractivity contribution in [1.29, 1.82) is 0 Å². The third kappa shape index (κ3) is 114. The number of hydrogen-bond donors (Lipinski definition) is 0. The maximum Gasteiger partial charge on any atom is 0.0267 e. The lowest BCUT2D eigenvalue weighted by atomic mass is 10.0. The van der Waals surface area contributed by atoms with E-state index in [1.807, 2.05) is 18.2 Å². The fraction of sp³-hybridized carbons (Fsp3) is 0.706. The van der Waals surface area contributed by atoms with E-state index in [9.17, 15) is 0 Å². The van der Waals surface area contributed by atoms with Crippen LogP contribution < -0.4 is 0 Å². The maximum absolute atomic E-state index is 3.78. The lowest BCUT2D eigenvalue weighted by molar-refractivity contribution is 0.469. The first-order chi connectivity index (χ1) is 7.00. The summed E-state index contributed by atoms with van der Waals surface area (Å²) >= 11 is 0. The van der Waals surface area contributed by atoms with Crippen LogP contribution in [0.5, 0.6) is 0 Å². The molecule has 0 N–H and O–H groups in total. The Bertz CT molecular complexity index is 175. The van der Waals surface area contributed by atoms with Gasteiger partial charge in [0, 0.05) is 12.4 Å². The Balaban J connectivity index is -0.0000000781. The molecule has 1 aromatic heterocycles. The minimum Gasteiger partial charge on any atom is -0.265 e. The summed E-state index contributed by atoms with van der Waals surface area (Å²) in [6.07, 6.45) is 3.50. The Labute approximate surface area is 117 Å². The Morgan fingerprint density at radius 1 is 0.556 bits per heavy atom. The van der Waals surface area contributed by atoms with E-state index in [1.165, 1.54) is 0 Å². The van der Waals surface area contributed by atoms with Crippen LogP contribution >= 0.6 is 0 Å². The van der Waals surface area contributed by atoms with Gasteiger partial charge in [-0.05, 0) is 23.0 Å². The summed E-state index contributed by atoms with van der Waals surface area (Å²) in [4.78, 5) is 3.78. The molecule has 0 unspecified atom stereocenters. The molecule has 0 aliphatic rings. The Kier molecular flexibility index (Phi) is 18.1. The van der Waals surface area contributed by atoms with Crippen molar-refractivity contribution in [1.82, 2.24) is 4.98 Å². The van der Waals surface area contributed by atoms with Gasteiger partial charge in [0.1, 0.15) is 0 Å². The zero-order chi connectivity index (χ0) is 13.2. The van der Waals surface area contributed by atoms with E-state index < -0.39 is 0 Å². The number of hydrogen-bond acceptors (Lipinski definition) is 1. The van der Waals surface area contributed by atoms with E-state index in [-0.39, 0.29) is 14.9 Å². The SMILES string of the molecule is C.C.CC(C)(C)C.CC(C)(C)C.c1ccncc1. The van der Waals surface area contributed by atoms with Gasteiger partial charge >= 0.3 is 0 Å². The van der Waals surface area contributed by atoms with Crippen molar-refractivity contribution in [2.24, 2.45) is 10.8 Å². The molecular weight excluding hydrogens is 218 g/mol. The fourth-order valence-corrected chi connectivity index (χ4v) is 0.313. The predicted octanol–water partition coefficient (Wildman–Crippen LogP) is 6.46. The number of pyridine rings is 1. The van der Waals surface area contributed by atoms with Gasteiger partial charge in [-0.25, -0.2) is 0 Å². The molecule has 1 rings (SSSR count). The molecule has 1 heterocycles. The van der Waals surface area contributed by atoms with Gasteiger partial charge in [-0.3, -0.25) is 4.98 Å². The van der Waals surface area contributed by atoms with E-state index in [0.717, 1.165) is 0 Å². The third-order valence-electron chi connectivity index (χ3n) is 0.566. The van der Waals surface area contributed by atoms with E-state index in [4.69, 9.17) is 0 Å². The summed E-state index contributed by atoms with van der Waals surface area (Å²) in [5.74, 6) is 0. The van der Waals surface area contributed by atoms with Crippen LogP contribution in [0.15, 0.2) is 30.6 Å². The summed E-state index contributed by atoms with van der Waals surface area (Å²) in [5.41, 5.74) is 1.00. The Morgan fingerprint density at radius 3 is 0.833 bits per heavy atom. The molecule has 0 saturated carbocycles. The topological polar surface area (TPSA) is 12.9 Å². The average molecular weight is 255 g/mol. The number of aromatic nitrogens is 1. The second-order valence-electron chi connectivity index (χ2n) is 7.02. The van der Waals surface area contributed by atoms with Crippen LogP contribution in [0.2, 0.25) is 0 Å². The van der Waals surface area contributed by atoms with Crippen LogP contribution in [-0.4, -0.2) is 4.98 Å². The van der Waals surface area contributed by atoms with Crippen LogP contribution in [0.4, 0.5) is 0 Å². The van der Waals surface area contributed by atoms with Crippen molar-refractivity contribution in [3.8, 4) is 0 Å². The number of nitrogens with zero attached hydrogens (tertiary/aromatic N) is 1. The Morgan fingerprint density at radius 2 is 0.778 bits per heavy atom. The van der Waals surface area contributed by atoms with Crippen molar-refractivity contribution in [3.05, 3.63) is 30.6 Å². The van der Waals surface area contributed by atoms with Gasteiger partial charge in [-0.15, -0.1) is 0 Å². The third-order valence-corrected chi connectivity index (χ3v) is 0.566. The molecule has 0 bridgehead atoms. The van der Waals surface area contributed by atoms with Crippen molar-refractivity contribution in [2.75, 3.05) is 0 Å². The van der Waals surface area contributed by atoms with E-state index in [0.29, 0.717) is 10.8 Å². The zero-order valence-corrected chi connectivity index (χ0v) is 12.3. The highest BCUT2D eigenvalue weighted by molar-refractivity contribution is 4.88. The van der Waals surface area contributed by atoms with E-state index >= 15 is 0 Å². The molecule has 1 heteroatoms. The molecule has 1 nitrogen and oxygen atoms in total. The van der Waals surface area contributed by atoms with Gasteiger partial charge in [0.25, 0.3) is 0 Å². The molecular formula is C17H37N. The van der Waals surface area contributed by atoms with Crippen LogP contribution in [0.25, 0.3) is 0 Å². The molecule has 0 aromatic carbocycles. The first kappa shape index (κ1) is 25.9. The average Bonchev–Trinajstić information content (AvgIpc) is 2.01. The van der Waals surface area contributed by atoms with Crippen LogP contribution in [0, 0.1) is 10.8 Å². The summed E-state index contributed by atoms with van der Waals surface area (Å²) in [6.45, 7) is 17.5. The minimum absolute atomic E-state index is 0. The molecule has 0 aliphatic carbocycles. The van der Waals surface area contributed by atoms with Crippen molar-refractivity contribution < 1.29 is 0 Å². The van der Waals surface area contributed by atoms with Gasteiger partial charge in [-0.2, -0.15) is 0 Å². The molecule has 0 amide bonds. The van der Waals surface area contributed by atoms with Crippen molar-refractivity contribution in [3.63, 3.8) is 0 Å². The van der Waals surface area contributed by atoms with Gasteiger partial charge < -0.3 is 0 Å². The van der Waals surface area contributed by atoms with Gasteiger partial charge in [0.2, 0.25) is 0 Å². The summed E-state index contributed by atoms with van der Waals surface area (Å²) in [7, 11) is 0. The molecule has 0 saturated heterocycles. The normalized spacial score (nSPS) is 9.33. The van der Waals surface area contributed by atoms with E-state index in [2.05, 4.69) is 60.4 Å². The largest absolute Gasteiger partial charge is 0.265 e. The quantitative estimate of drug-likeness (QED) is 0.518. The predicted molar refractivity (Wildman–Crippen MR) is 88.0 cm³/mol. The summed E-state index contributed by atoms with van der Waals surface area (Å²) in [6, 6.07) is 5.72. The monoisotopic (exact) mass is 255 g/mol. The van der Waals surface area contributed by atoms with Crippen LogP contribution in [0.1, 0.15) is 70.2 Å². The van der Waals surface area contributed by atoms with Crippen LogP contribution in [-0.2, 0) is 0 Å². The highest BCUT2D eigenvalue weighted by Gasteiger charge is 1.96.